The van der Waals surface area contributed by atoms with Gasteiger partial charge in [0.2, 0.25) is 10.0 Å². The molecule has 3 rings (SSSR count). The highest BCUT2D eigenvalue weighted by Gasteiger charge is 2.32. The lowest BCUT2D eigenvalue weighted by molar-refractivity contribution is 0.429. The number of hydrogen-bond donors (Lipinski definition) is 0. The second kappa shape index (κ2) is 5.48. The number of pyridine rings is 1. The summed E-state index contributed by atoms with van der Waals surface area (Å²) in [5, 5.41) is 0. The molecular formula is C17H20N2O2S. The van der Waals surface area contributed by atoms with Crippen LogP contribution in [0.5, 0.6) is 0 Å². The Balaban J connectivity index is 1.95. The van der Waals surface area contributed by atoms with Crippen molar-refractivity contribution in [2.45, 2.75) is 44.7 Å². The van der Waals surface area contributed by atoms with Crippen LogP contribution in [0.25, 0.3) is 0 Å². The molecule has 0 unspecified atom stereocenters. The molecule has 0 saturated carbocycles. The minimum Gasteiger partial charge on any atom is -0.260 e. The Morgan fingerprint density at radius 2 is 1.77 bits per heavy atom. The molecule has 0 spiro atoms. The lowest BCUT2D eigenvalue weighted by Crippen LogP contribution is -2.25. The zero-order chi connectivity index (χ0) is 15.9. The van der Waals surface area contributed by atoms with Gasteiger partial charge in [-0.25, -0.2) is 8.42 Å². The first-order chi connectivity index (χ1) is 10.4. The average molecular weight is 316 g/mol. The van der Waals surface area contributed by atoms with Crippen molar-refractivity contribution >= 4 is 10.0 Å². The van der Waals surface area contributed by atoms with E-state index in [0.29, 0.717) is 23.9 Å². The SMILES string of the molecule is Cc1ccc(S(=O)(=O)N2Cc3nccc(C(C)C)c3C2)cc1. The quantitative estimate of drug-likeness (QED) is 0.873. The van der Waals surface area contributed by atoms with E-state index in [-0.39, 0.29) is 0 Å². The van der Waals surface area contributed by atoms with Crippen LogP contribution in [0.15, 0.2) is 41.4 Å². The van der Waals surface area contributed by atoms with Gasteiger partial charge in [-0.1, -0.05) is 31.5 Å². The monoisotopic (exact) mass is 316 g/mol. The van der Waals surface area contributed by atoms with Crippen LogP contribution in [-0.4, -0.2) is 17.7 Å². The first kappa shape index (κ1) is 15.2. The number of benzene rings is 1. The van der Waals surface area contributed by atoms with Crippen LogP contribution in [0.3, 0.4) is 0 Å². The maximum atomic E-state index is 12.8. The van der Waals surface area contributed by atoms with Crippen molar-refractivity contribution in [2.24, 2.45) is 0 Å². The Hall–Kier alpha value is -1.72. The van der Waals surface area contributed by atoms with E-state index in [9.17, 15) is 8.42 Å². The van der Waals surface area contributed by atoms with Gasteiger partial charge in [0.1, 0.15) is 0 Å². The number of fused-ring (bicyclic) bond motifs is 1. The van der Waals surface area contributed by atoms with Crippen LogP contribution < -0.4 is 0 Å². The van der Waals surface area contributed by atoms with Gasteiger partial charge in [0.15, 0.2) is 0 Å². The van der Waals surface area contributed by atoms with Crippen molar-refractivity contribution in [1.29, 1.82) is 0 Å². The molecule has 0 bridgehead atoms. The second-order valence-corrected chi connectivity index (χ2v) is 8.00. The smallest absolute Gasteiger partial charge is 0.243 e. The van der Waals surface area contributed by atoms with E-state index in [4.69, 9.17) is 0 Å². The fourth-order valence-corrected chi connectivity index (χ4v) is 4.21. The van der Waals surface area contributed by atoms with Gasteiger partial charge < -0.3 is 0 Å². The van der Waals surface area contributed by atoms with Gasteiger partial charge in [-0.05, 0) is 42.2 Å². The average Bonchev–Trinajstić information content (AvgIpc) is 2.92. The van der Waals surface area contributed by atoms with Crippen molar-refractivity contribution in [3.63, 3.8) is 0 Å². The van der Waals surface area contributed by atoms with E-state index >= 15 is 0 Å². The maximum absolute atomic E-state index is 12.8. The molecule has 0 atom stereocenters. The summed E-state index contributed by atoms with van der Waals surface area (Å²) >= 11 is 0. The van der Waals surface area contributed by atoms with Gasteiger partial charge in [0.05, 0.1) is 17.1 Å². The normalized spacial score (nSPS) is 15.3. The fourth-order valence-electron chi connectivity index (χ4n) is 2.84. The van der Waals surface area contributed by atoms with Gasteiger partial charge in [-0.15, -0.1) is 0 Å². The maximum Gasteiger partial charge on any atom is 0.243 e. The number of aromatic nitrogens is 1. The van der Waals surface area contributed by atoms with Gasteiger partial charge in [0, 0.05) is 12.7 Å². The number of rotatable bonds is 3. The molecule has 1 aliphatic rings. The van der Waals surface area contributed by atoms with Crippen LogP contribution in [0.1, 0.15) is 42.1 Å². The predicted molar refractivity (Wildman–Crippen MR) is 85.9 cm³/mol. The molecule has 2 heterocycles. The molecule has 0 amide bonds. The summed E-state index contributed by atoms with van der Waals surface area (Å²) in [4.78, 5) is 4.71. The van der Waals surface area contributed by atoms with E-state index in [1.54, 1.807) is 18.3 Å². The molecule has 1 aromatic heterocycles. The number of hydrogen-bond acceptors (Lipinski definition) is 3. The molecule has 22 heavy (non-hydrogen) atoms. The molecule has 5 heteroatoms. The van der Waals surface area contributed by atoms with Crippen molar-refractivity contribution in [1.82, 2.24) is 9.29 Å². The molecule has 0 aliphatic carbocycles. The zero-order valence-electron chi connectivity index (χ0n) is 13.1. The van der Waals surface area contributed by atoms with Crippen molar-refractivity contribution in [3.05, 3.63) is 58.9 Å². The largest absolute Gasteiger partial charge is 0.260 e. The van der Waals surface area contributed by atoms with Crippen LogP contribution in [0.2, 0.25) is 0 Å². The van der Waals surface area contributed by atoms with E-state index < -0.39 is 10.0 Å². The molecule has 1 aliphatic heterocycles. The molecule has 0 N–H and O–H groups in total. The summed E-state index contributed by atoms with van der Waals surface area (Å²) in [5.41, 5.74) is 4.18. The van der Waals surface area contributed by atoms with E-state index in [2.05, 4.69) is 18.8 Å². The minimum atomic E-state index is -3.47. The Morgan fingerprint density at radius 1 is 1.09 bits per heavy atom. The van der Waals surface area contributed by atoms with E-state index in [1.807, 2.05) is 25.1 Å². The summed E-state index contributed by atoms with van der Waals surface area (Å²) < 4.78 is 27.1. The third-order valence-electron chi connectivity index (χ3n) is 4.12. The lowest BCUT2D eigenvalue weighted by Gasteiger charge is -2.16. The topological polar surface area (TPSA) is 50.3 Å². The highest BCUT2D eigenvalue weighted by atomic mass is 32.2. The summed E-state index contributed by atoms with van der Waals surface area (Å²) in [7, 11) is -3.47. The van der Waals surface area contributed by atoms with Gasteiger partial charge in [-0.2, -0.15) is 4.31 Å². The van der Waals surface area contributed by atoms with E-state index in [0.717, 1.165) is 16.8 Å². The van der Waals surface area contributed by atoms with Crippen molar-refractivity contribution in [2.75, 3.05) is 0 Å². The van der Waals surface area contributed by atoms with E-state index in [1.165, 1.54) is 9.87 Å². The Kier molecular flexibility index (Phi) is 3.78. The molecule has 116 valence electrons. The molecule has 0 fully saturated rings. The number of nitrogens with zero attached hydrogens (tertiary/aromatic N) is 2. The minimum absolute atomic E-state index is 0.344. The standard InChI is InChI=1S/C17H20N2O2S/c1-12(2)15-8-9-18-17-11-19(10-16(15)17)22(20,21)14-6-4-13(3)5-7-14/h4-9,12H,10-11H2,1-3H3. The first-order valence-electron chi connectivity index (χ1n) is 7.43. The highest BCUT2D eigenvalue weighted by Crippen LogP contribution is 2.32. The fraction of sp³-hybridized carbons (Fsp3) is 0.353. The van der Waals surface area contributed by atoms with Crippen molar-refractivity contribution < 1.29 is 8.42 Å². The van der Waals surface area contributed by atoms with Crippen LogP contribution in [-0.2, 0) is 23.1 Å². The Morgan fingerprint density at radius 3 is 2.41 bits per heavy atom. The van der Waals surface area contributed by atoms with Crippen molar-refractivity contribution in [3.8, 4) is 0 Å². The molecule has 2 aromatic rings. The summed E-state index contributed by atoms with van der Waals surface area (Å²) in [6.45, 7) is 6.94. The van der Waals surface area contributed by atoms with Gasteiger partial charge >= 0.3 is 0 Å². The molecule has 4 nitrogen and oxygen atoms in total. The second-order valence-electron chi connectivity index (χ2n) is 6.07. The first-order valence-corrected chi connectivity index (χ1v) is 8.87. The molecule has 1 aromatic carbocycles. The summed E-state index contributed by atoms with van der Waals surface area (Å²) in [6.07, 6.45) is 1.77. The third-order valence-corrected chi connectivity index (χ3v) is 5.93. The summed E-state index contributed by atoms with van der Waals surface area (Å²) in [5.74, 6) is 0.360. The zero-order valence-corrected chi connectivity index (χ0v) is 13.9. The number of aryl methyl sites for hydroxylation is 1. The highest BCUT2D eigenvalue weighted by molar-refractivity contribution is 7.89. The number of sulfonamides is 1. The van der Waals surface area contributed by atoms with Crippen LogP contribution in [0.4, 0.5) is 0 Å². The predicted octanol–water partition coefficient (Wildman–Crippen LogP) is 3.22. The molecular weight excluding hydrogens is 296 g/mol. The van der Waals surface area contributed by atoms with Gasteiger partial charge in [-0.3, -0.25) is 4.98 Å². The third kappa shape index (κ3) is 2.55. The van der Waals surface area contributed by atoms with Crippen LogP contribution in [0, 0.1) is 6.92 Å². The Labute approximate surface area is 131 Å². The molecule has 0 radical (unpaired) electrons. The molecule has 0 saturated heterocycles. The van der Waals surface area contributed by atoms with Crippen LogP contribution >= 0.6 is 0 Å². The lowest BCUT2D eigenvalue weighted by atomic mass is 9.98. The van der Waals surface area contributed by atoms with Gasteiger partial charge in [0.25, 0.3) is 0 Å². The Bertz CT molecular complexity index is 796. The summed E-state index contributed by atoms with van der Waals surface area (Å²) in [6, 6.07) is 8.99.